The van der Waals surface area contributed by atoms with Crippen LogP contribution in [0.15, 0.2) is 42.5 Å². The lowest BCUT2D eigenvalue weighted by atomic mass is 10.2. The number of carbonyl (C=O) groups excluding carboxylic acids is 2. The standard InChI is InChI=1S/C18H17ClN2O4/c1-24-13-7-8-15(16(9-13)25-2)21-17(22)10-14(18(21)23)20-12-5-3-11(19)4-6-12/h3-9,14,20H,10H2,1-2H3/t14-/m0/s1. The molecule has 1 atom stereocenters. The Bertz CT molecular complexity index is 807. The number of hydrogen-bond donors (Lipinski definition) is 1. The number of benzene rings is 2. The summed E-state index contributed by atoms with van der Waals surface area (Å²) in [4.78, 5) is 26.3. The van der Waals surface area contributed by atoms with E-state index in [0.29, 0.717) is 22.2 Å². The Morgan fingerprint density at radius 1 is 1.08 bits per heavy atom. The lowest BCUT2D eigenvalue weighted by Gasteiger charge is -2.19. The highest BCUT2D eigenvalue weighted by atomic mass is 35.5. The summed E-state index contributed by atoms with van der Waals surface area (Å²) in [5.74, 6) is 0.354. The van der Waals surface area contributed by atoms with E-state index in [-0.39, 0.29) is 18.2 Å². The maximum absolute atomic E-state index is 12.7. The molecule has 1 aliphatic rings. The van der Waals surface area contributed by atoms with Gasteiger partial charge in [-0.2, -0.15) is 0 Å². The highest BCUT2D eigenvalue weighted by Crippen LogP contribution is 2.35. The molecule has 1 heterocycles. The van der Waals surface area contributed by atoms with Crippen LogP contribution in [0.4, 0.5) is 11.4 Å². The summed E-state index contributed by atoms with van der Waals surface area (Å²) >= 11 is 5.86. The Hall–Kier alpha value is -2.73. The first kappa shape index (κ1) is 17.1. The van der Waals surface area contributed by atoms with E-state index in [0.717, 1.165) is 10.6 Å². The fraction of sp³-hybridized carbons (Fsp3) is 0.222. The van der Waals surface area contributed by atoms with Crippen molar-refractivity contribution in [2.75, 3.05) is 24.4 Å². The number of nitrogens with zero attached hydrogens (tertiary/aromatic N) is 1. The first-order chi connectivity index (χ1) is 12.0. The molecule has 1 N–H and O–H groups in total. The van der Waals surface area contributed by atoms with Crippen molar-refractivity contribution in [3.8, 4) is 11.5 Å². The summed E-state index contributed by atoms with van der Waals surface area (Å²) in [6.45, 7) is 0. The van der Waals surface area contributed by atoms with Crippen molar-refractivity contribution >= 4 is 34.8 Å². The van der Waals surface area contributed by atoms with Gasteiger partial charge < -0.3 is 14.8 Å². The zero-order chi connectivity index (χ0) is 18.0. The summed E-state index contributed by atoms with van der Waals surface area (Å²) in [5.41, 5.74) is 1.12. The molecule has 1 saturated heterocycles. The fourth-order valence-electron chi connectivity index (χ4n) is 2.71. The third-order valence-electron chi connectivity index (χ3n) is 3.96. The minimum Gasteiger partial charge on any atom is -0.497 e. The van der Waals surface area contributed by atoms with Gasteiger partial charge in [0, 0.05) is 16.8 Å². The second kappa shape index (κ2) is 7.03. The number of carbonyl (C=O) groups is 2. The molecule has 0 radical (unpaired) electrons. The van der Waals surface area contributed by atoms with Crippen molar-refractivity contribution in [3.63, 3.8) is 0 Å². The number of imide groups is 1. The van der Waals surface area contributed by atoms with Crippen molar-refractivity contribution in [3.05, 3.63) is 47.5 Å². The van der Waals surface area contributed by atoms with Crippen LogP contribution in [0.5, 0.6) is 11.5 Å². The van der Waals surface area contributed by atoms with Crippen LogP contribution in [-0.2, 0) is 9.59 Å². The van der Waals surface area contributed by atoms with E-state index in [1.807, 2.05) is 0 Å². The third kappa shape index (κ3) is 3.39. The first-order valence-electron chi connectivity index (χ1n) is 7.64. The molecular weight excluding hydrogens is 344 g/mol. The molecule has 2 amide bonds. The van der Waals surface area contributed by atoms with Gasteiger partial charge in [-0.3, -0.25) is 9.59 Å². The second-order valence-electron chi connectivity index (χ2n) is 5.51. The third-order valence-corrected chi connectivity index (χ3v) is 4.21. The zero-order valence-corrected chi connectivity index (χ0v) is 14.5. The van der Waals surface area contributed by atoms with Gasteiger partial charge in [0.05, 0.1) is 26.3 Å². The maximum atomic E-state index is 12.7. The number of nitrogens with one attached hydrogen (secondary N) is 1. The molecule has 130 valence electrons. The van der Waals surface area contributed by atoms with Gasteiger partial charge >= 0.3 is 0 Å². The molecule has 0 bridgehead atoms. The average Bonchev–Trinajstić information content (AvgIpc) is 2.90. The quantitative estimate of drug-likeness (QED) is 0.830. The van der Waals surface area contributed by atoms with Crippen molar-refractivity contribution in [1.82, 2.24) is 0 Å². The summed E-state index contributed by atoms with van der Waals surface area (Å²) in [7, 11) is 3.01. The fourth-order valence-corrected chi connectivity index (χ4v) is 2.84. The van der Waals surface area contributed by atoms with Crippen molar-refractivity contribution in [2.24, 2.45) is 0 Å². The van der Waals surface area contributed by atoms with Crippen LogP contribution < -0.4 is 19.7 Å². The number of rotatable bonds is 5. The molecule has 7 heteroatoms. The number of amides is 2. The van der Waals surface area contributed by atoms with Gasteiger partial charge in [-0.05, 0) is 36.4 Å². The predicted molar refractivity (Wildman–Crippen MR) is 95.5 cm³/mol. The van der Waals surface area contributed by atoms with Gasteiger partial charge in [0.25, 0.3) is 5.91 Å². The molecule has 25 heavy (non-hydrogen) atoms. The minimum atomic E-state index is -0.638. The summed E-state index contributed by atoms with van der Waals surface area (Å²) in [6, 6.07) is 11.3. The van der Waals surface area contributed by atoms with Crippen molar-refractivity contribution in [2.45, 2.75) is 12.5 Å². The predicted octanol–water partition coefficient (Wildman–Crippen LogP) is 3.10. The minimum absolute atomic E-state index is 0.0661. The van der Waals surface area contributed by atoms with Crippen LogP contribution in [0, 0.1) is 0 Å². The highest BCUT2D eigenvalue weighted by molar-refractivity contribution is 6.30. The number of anilines is 2. The summed E-state index contributed by atoms with van der Waals surface area (Å²) < 4.78 is 10.4. The second-order valence-corrected chi connectivity index (χ2v) is 5.95. The molecular formula is C18H17ClN2O4. The van der Waals surface area contributed by atoms with Gasteiger partial charge in [-0.25, -0.2) is 4.90 Å². The molecule has 2 aromatic carbocycles. The Labute approximate surface area is 150 Å². The molecule has 1 aliphatic heterocycles. The topological polar surface area (TPSA) is 67.9 Å². The summed E-state index contributed by atoms with van der Waals surface area (Å²) in [5, 5.41) is 3.67. The SMILES string of the molecule is COc1ccc(N2C(=O)C[C@H](Nc3ccc(Cl)cc3)C2=O)c(OC)c1. The first-order valence-corrected chi connectivity index (χ1v) is 8.02. The van der Waals surface area contributed by atoms with Crippen LogP contribution in [0.25, 0.3) is 0 Å². The number of ether oxygens (including phenoxy) is 2. The van der Waals surface area contributed by atoms with E-state index in [2.05, 4.69) is 5.32 Å². The van der Waals surface area contributed by atoms with Crippen LogP contribution in [0.3, 0.4) is 0 Å². The van der Waals surface area contributed by atoms with Crippen molar-refractivity contribution < 1.29 is 19.1 Å². The molecule has 3 rings (SSSR count). The average molecular weight is 361 g/mol. The van der Waals surface area contributed by atoms with E-state index in [1.54, 1.807) is 42.5 Å². The Balaban J connectivity index is 1.85. The Morgan fingerprint density at radius 2 is 1.80 bits per heavy atom. The molecule has 0 aliphatic carbocycles. The van der Waals surface area contributed by atoms with Crippen LogP contribution >= 0.6 is 11.6 Å². The largest absolute Gasteiger partial charge is 0.497 e. The molecule has 6 nitrogen and oxygen atoms in total. The molecule has 1 fully saturated rings. The van der Waals surface area contributed by atoms with Gasteiger partial charge in [0.15, 0.2) is 0 Å². The van der Waals surface area contributed by atoms with E-state index in [9.17, 15) is 9.59 Å². The van der Waals surface area contributed by atoms with Gasteiger partial charge in [-0.1, -0.05) is 11.6 Å². The number of halogens is 1. The summed E-state index contributed by atoms with van der Waals surface area (Å²) in [6.07, 6.45) is 0.0661. The number of hydrogen-bond acceptors (Lipinski definition) is 5. The smallest absolute Gasteiger partial charge is 0.256 e. The Kier molecular flexibility index (Phi) is 4.81. The van der Waals surface area contributed by atoms with Gasteiger partial charge in [0.1, 0.15) is 17.5 Å². The van der Waals surface area contributed by atoms with E-state index < -0.39 is 6.04 Å². The van der Waals surface area contributed by atoms with Crippen LogP contribution in [-0.4, -0.2) is 32.1 Å². The highest BCUT2D eigenvalue weighted by Gasteiger charge is 2.40. The zero-order valence-electron chi connectivity index (χ0n) is 13.8. The van der Waals surface area contributed by atoms with Gasteiger partial charge in [-0.15, -0.1) is 0 Å². The van der Waals surface area contributed by atoms with E-state index in [1.165, 1.54) is 14.2 Å². The van der Waals surface area contributed by atoms with Crippen LogP contribution in [0.2, 0.25) is 5.02 Å². The molecule has 0 spiro atoms. The normalized spacial score (nSPS) is 16.9. The van der Waals surface area contributed by atoms with E-state index >= 15 is 0 Å². The lowest BCUT2D eigenvalue weighted by Crippen LogP contribution is -2.35. The maximum Gasteiger partial charge on any atom is 0.256 e. The van der Waals surface area contributed by atoms with Crippen LogP contribution in [0.1, 0.15) is 6.42 Å². The van der Waals surface area contributed by atoms with Crippen molar-refractivity contribution in [1.29, 1.82) is 0 Å². The molecule has 0 saturated carbocycles. The molecule has 2 aromatic rings. The monoisotopic (exact) mass is 360 g/mol. The molecule has 0 unspecified atom stereocenters. The Morgan fingerprint density at radius 3 is 2.44 bits per heavy atom. The van der Waals surface area contributed by atoms with Gasteiger partial charge in [0.2, 0.25) is 5.91 Å². The lowest BCUT2D eigenvalue weighted by molar-refractivity contribution is -0.121. The molecule has 0 aromatic heterocycles. The van der Waals surface area contributed by atoms with E-state index in [4.69, 9.17) is 21.1 Å². The number of methoxy groups -OCH3 is 2.